The van der Waals surface area contributed by atoms with Gasteiger partial charge in [-0.2, -0.15) is 0 Å². The molecule has 1 aliphatic heterocycles. The van der Waals surface area contributed by atoms with Gasteiger partial charge >= 0.3 is 0 Å². The predicted molar refractivity (Wildman–Crippen MR) is 144 cm³/mol. The molecule has 1 aliphatic rings. The van der Waals surface area contributed by atoms with E-state index in [1.165, 1.54) is 16.7 Å². The van der Waals surface area contributed by atoms with Gasteiger partial charge in [0, 0.05) is 18.5 Å². The number of aryl methyl sites for hydroxylation is 3. The van der Waals surface area contributed by atoms with Crippen LogP contribution < -0.4 is 4.74 Å². The second kappa shape index (κ2) is 11.7. The van der Waals surface area contributed by atoms with Crippen molar-refractivity contribution in [3.8, 4) is 5.75 Å². The number of nitrogens with zero attached hydrogens (tertiary/aromatic N) is 1. The van der Waals surface area contributed by atoms with E-state index >= 15 is 0 Å². The van der Waals surface area contributed by atoms with Crippen LogP contribution in [-0.4, -0.2) is 23.4 Å². The minimum Gasteiger partial charge on any atom is -0.457 e. The van der Waals surface area contributed by atoms with Crippen molar-refractivity contribution in [2.75, 3.05) is 6.54 Å². The molecule has 1 heterocycles. The first-order valence-corrected chi connectivity index (χ1v) is 12.5. The number of benzene rings is 3. The number of allylic oxidation sites excluding steroid dienone is 1. The van der Waals surface area contributed by atoms with Crippen LogP contribution in [0.25, 0.3) is 5.76 Å². The Bertz CT molecular complexity index is 1190. The van der Waals surface area contributed by atoms with Crippen molar-refractivity contribution >= 4 is 11.7 Å². The molecule has 3 aromatic carbocycles. The number of para-hydroxylation sites is 1. The van der Waals surface area contributed by atoms with Gasteiger partial charge < -0.3 is 9.64 Å². The van der Waals surface area contributed by atoms with Crippen LogP contribution in [0.1, 0.15) is 47.1 Å². The molecule has 1 atom stereocenters. The normalized spacial score (nSPS) is 15.7. The summed E-state index contributed by atoms with van der Waals surface area (Å²) in [5.74, 6) is 1.76. The molecule has 0 N–H and O–H groups in total. The molecule has 0 aliphatic carbocycles. The third-order valence-corrected chi connectivity index (χ3v) is 6.67. The van der Waals surface area contributed by atoms with Crippen molar-refractivity contribution in [1.29, 1.82) is 0 Å². The van der Waals surface area contributed by atoms with Crippen LogP contribution in [0.4, 0.5) is 0 Å². The van der Waals surface area contributed by atoms with E-state index in [9.17, 15) is 4.79 Å². The summed E-state index contributed by atoms with van der Waals surface area (Å²) in [6, 6.07) is 25.2. The van der Waals surface area contributed by atoms with E-state index in [0.29, 0.717) is 12.2 Å². The van der Waals surface area contributed by atoms with Crippen LogP contribution >= 0.6 is 0 Å². The Morgan fingerprint density at radius 3 is 2.60 bits per heavy atom. The molecule has 1 fully saturated rings. The zero-order valence-electron chi connectivity index (χ0n) is 20.9. The first kappa shape index (κ1) is 24.5. The number of carbonyl (C=O) groups is 1. The lowest BCUT2D eigenvalue weighted by Crippen LogP contribution is -2.33. The highest BCUT2D eigenvalue weighted by molar-refractivity contribution is 5.79. The van der Waals surface area contributed by atoms with Gasteiger partial charge in [0.25, 0.3) is 0 Å². The Hall–Kier alpha value is -3.59. The van der Waals surface area contributed by atoms with Crippen LogP contribution in [0, 0.1) is 13.8 Å². The maximum atomic E-state index is 12.4. The van der Waals surface area contributed by atoms with E-state index in [1.807, 2.05) is 42.2 Å². The second-order valence-electron chi connectivity index (χ2n) is 9.39. The topological polar surface area (TPSA) is 29.5 Å². The Labute approximate surface area is 209 Å². The molecule has 1 saturated heterocycles. The molecule has 3 nitrogen and oxygen atoms in total. The zero-order valence-corrected chi connectivity index (χ0v) is 20.9. The molecule has 0 aromatic heterocycles. The maximum absolute atomic E-state index is 12.4. The summed E-state index contributed by atoms with van der Waals surface area (Å²) in [7, 11) is 0. The summed E-state index contributed by atoms with van der Waals surface area (Å²) < 4.78 is 6.02. The van der Waals surface area contributed by atoms with Crippen LogP contribution in [0.15, 0.2) is 91.5 Å². The molecule has 0 spiro atoms. The van der Waals surface area contributed by atoms with Crippen LogP contribution in [0.2, 0.25) is 0 Å². The number of carbonyl (C=O) groups excluding carboxylic acids is 1. The summed E-state index contributed by atoms with van der Waals surface area (Å²) in [4.78, 5) is 14.5. The van der Waals surface area contributed by atoms with Gasteiger partial charge in [-0.15, -0.1) is 0 Å². The van der Waals surface area contributed by atoms with Gasteiger partial charge in [-0.3, -0.25) is 4.79 Å². The van der Waals surface area contributed by atoms with Crippen molar-refractivity contribution in [2.24, 2.45) is 0 Å². The largest absolute Gasteiger partial charge is 0.457 e. The molecule has 0 radical (unpaired) electrons. The summed E-state index contributed by atoms with van der Waals surface area (Å²) in [5, 5.41) is 0. The average molecular weight is 466 g/mol. The molecule has 35 heavy (non-hydrogen) atoms. The van der Waals surface area contributed by atoms with Gasteiger partial charge in [0.05, 0.1) is 6.04 Å². The molecule has 180 valence electrons. The Kier molecular flexibility index (Phi) is 8.20. The first-order chi connectivity index (χ1) is 17.0. The van der Waals surface area contributed by atoms with Gasteiger partial charge in [0.15, 0.2) is 0 Å². The lowest BCUT2D eigenvalue weighted by Gasteiger charge is -2.22. The van der Waals surface area contributed by atoms with E-state index in [1.54, 1.807) is 0 Å². The fourth-order valence-electron chi connectivity index (χ4n) is 4.52. The fraction of sp³-hybridized carbons (Fsp3) is 0.281. The first-order valence-electron chi connectivity index (χ1n) is 12.5. The molecule has 3 heteroatoms. The fourth-order valence-corrected chi connectivity index (χ4v) is 4.52. The molecular weight excluding hydrogens is 430 g/mol. The quantitative estimate of drug-likeness (QED) is 0.237. The highest BCUT2D eigenvalue weighted by atomic mass is 16.5. The smallest absolute Gasteiger partial charge is 0.223 e. The highest BCUT2D eigenvalue weighted by Crippen LogP contribution is 2.24. The minimum atomic E-state index is 0.210. The highest BCUT2D eigenvalue weighted by Gasteiger charge is 2.28. The lowest BCUT2D eigenvalue weighted by atomic mass is 10.0. The number of hydrogen-bond donors (Lipinski definition) is 0. The summed E-state index contributed by atoms with van der Waals surface area (Å²) in [6.45, 7) is 9.05. The minimum absolute atomic E-state index is 0.210. The maximum Gasteiger partial charge on any atom is 0.223 e. The van der Waals surface area contributed by atoms with Crippen LogP contribution in [-0.2, 0) is 17.6 Å². The molecule has 0 saturated carbocycles. The molecule has 1 unspecified atom stereocenters. The standard InChI is InChI=1S/C32H35NO2/c1-24-15-17-27(18-16-24)21-22-33-30(19-20-32(33)34)13-6-5-10-28-11-8-12-29(23-28)26(3)35-31-14-7-4-9-25(31)2/h4,6-9,11-18,23,30H,3,5,10,19-22H2,1-2H3/b13-6+. The van der Waals surface area contributed by atoms with E-state index in [4.69, 9.17) is 4.74 Å². The van der Waals surface area contributed by atoms with E-state index < -0.39 is 0 Å². The van der Waals surface area contributed by atoms with E-state index in [0.717, 1.165) is 49.1 Å². The van der Waals surface area contributed by atoms with Crippen molar-refractivity contribution in [1.82, 2.24) is 4.90 Å². The van der Waals surface area contributed by atoms with E-state index in [-0.39, 0.29) is 11.9 Å². The number of rotatable bonds is 10. The van der Waals surface area contributed by atoms with Gasteiger partial charge in [-0.25, -0.2) is 0 Å². The molecule has 0 bridgehead atoms. The molecule has 4 rings (SSSR count). The predicted octanol–water partition coefficient (Wildman–Crippen LogP) is 7.08. The van der Waals surface area contributed by atoms with Gasteiger partial charge in [-0.05, 0) is 68.4 Å². The summed E-state index contributed by atoms with van der Waals surface area (Å²) in [5.41, 5.74) is 5.89. The summed E-state index contributed by atoms with van der Waals surface area (Å²) in [6.07, 6.45) is 8.79. The number of likely N-dealkylation sites (tertiary alicyclic amines) is 1. The number of hydrogen-bond acceptors (Lipinski definition) is 2. The number of amides is 1. The van der Waals surface area contributed by atoms with Crippen molar-refractivity contribution in [3.63, 3.8) is 0 Å². The van der Waals surface area contributed by atoms with Crippen molar-refractivity contribution < 1.29 is 9.53 Å². The SMILES string of the molecule is C=C(Oc1ccccc1C)c1cccc(CC/C=C/C2CCC(=O)N2CCc2ccc(C)cc2)c1. The number of ether oxygens (including phenoxy) is 1. The second-order valence-corrected chi connectivity index (χ2v) is 9.39. The van der Waals surface area contributed by atoms with Crippen LogP contribution in [0.3, 0.4) is 0 Å². The van der Waals surface area contributed by atoms with Crippen LogP contribution in [0.5, 0.6) is 5.75 Å². The molecular formula is C32H35NO2. The third kappa shape index (κ3) is 6.73. The summed E-state index contributed by atoms with van der Waals surface area (Å²) >= 11 is 0. The Balaban J connectivity index is 1.29. The molecule has 1 amide bonds. The zero-order chi connectivity index (χ0) is 24.6. The van der Waals surface area contributed by atoms with Gasteiger partial charge in [0.1, 0.15) is 11.5 Å². The van der Waals surface area contributed by atoms with E-state index in [2.05, 4.69) is 68.1 Å². The average Bonchev–Trinajstić information content (AvgIpc) is 3.22. The Morgan fingerprint density at radius 1 is 1.00 bits per heavy atom. The Morgan fingerprint density at radius 2 is 1.80 bits per heavy atom. The third-order valence-electron chi connectivity index (χ3n) is 6.67. The van der Waals surface area contributed by atoms with Gasteiger partial charge in [0.2, 0.25) is 5.91 Å². The van der Waals surface area contributed by atoms with Crippen molar-refractivity contribution in [2.45, 2.75) is 52.0 Å². The van der Waals surface area contributed by atoms with Gasteiger partial charge in [-0.1, -0.05) is 85.0 Å². The monoisotopic (exact) mass is 465 g/mol. The molecule has 3 aromatic rings. The van der Waals surface area contributed by atoms with Crippen molar-refractivity contribution in [3.05, 3.63) is 119 Å². The lowest BCUT2D eigenvalue weighted by molar-refractivity contribution is -0.128.